The number of rotatable bonds is 5. The molecule has 1 aromatic carbocycles. The molecule has 0 radical (unpaired) electrons. The Balaban J connectivity index is 1.77. The summed E-state index contributed by atoms with van der Waals surface area (Å²) < 4.78 is 12.9. The van der Waals surface area contributed by atoms with Crippen molar-refractivity contribution in [1.29, 1.82) is 0 Å². The summed E-state index contributed by atoms with van der Waals surface area (Å²) in [6.07, 6.45) is -2.14. The Morgan fingerprint density at radius 1 is 1.33 bits per heavy atom. The van der Waals surface area contributed by atoms with Gasteiger partial charge >= 0.3 is 6.01 Å². The van der Waals surface area contributed by atoms with Crippen LogP contribution in [0.5, 0.6) is 6.01 Å². The normalized spacial score (nSPS) is 22.4. The van der Waals surface area contributed by atoms with Crippen LogP contribution >= 0.6 is 0 Å². The van der Waals surface area contributed by atoms with Gasteiger partial charge in [-0.3, -0.25) is 9.78 Å². The number of imidazole rings is 1. The predicted octanol–water partition coefficient (Wildman–Crippen LogP) is -0.0785. The molecule has 142 valence electrons. The molecule has 0 saturated carbocycles. The van der Waals surface area contributed by atoms with Gasteiger partial charge in [0.15, 0.2) is 17.4 Å². The summed E-state index contributed by atoms with van der Waals surface area (Å²) in [7, 11) is 0. The molecule has 1 fully saturated rings. The number of hydrogen-bond donors (Lipinski definition) is 4. The smallest absolute Gasteiger partial charge is 0.301 e. The lowest BCUT2D eigenvalue weighted by Crippen LogP contribution is -2.22. The van der Waals surface area contributed by atoms with E-state index in [0.717, 1.165) is 5.56 Å². The van der Waals surface area contributed by atoms with Crippen molar-refractivity contribution in [2.24, 2.45) is 0 Å². The Kier molecular flexibility index (Phi) is 4.52. The quantitative estimate of drug-likeness (QED) is 0.485. The Morgan fingerprint density at radius 2 is 2.11 bits per heavy atom. The van der Waals surface area contributed by atoms with E-state index in [9.17, 15) is 15.0 Å². The molecule has 1 aliphatic heterocycles. The van der Waals surface area contributed by atoms with Gasteiger partial charge in [0.05, 0.1) is 12.7 Å². The highest BCUT2D eigenvalue weighted by atomic mass is 16.6. The number of hydrogen-bond acceptors (Lipinski definition) is 8. The number of aromatic amines is 1. The van der Waals surface area contributed by atoms with Crippen molar-refractivity contribution in [3.8, 4) is 6.01 Å². The van der Waals surface area contributed by atoms with Crippen LogP contribution < -0.4 is 16.0 Å². The van der Waals surface area contributed by atoms with Crippen LogP contribution in [0.2, 0.25) is 0 Å². The molecule has 2 aromatic heterocycles. The van der Waals surface area contributed by atoms with Crippen molar-refractivity contribution in [3.05, 3.63) is 46.2 Å². The molecule has 3 heterocycles. The van der Waals surface area contributed by atoms with E-state index in [1.807, 2.05) is 30.3 Å². The highest BCUT2D eigenvalue weighted by molar-refractivity contribution is 5.72. The summed E-state index contributed by atoms with van der Waals surface area (Å²) in [5, 5.41) is 19.7. The predicted molar refractivity (Wildman–Crippen MR) is 95.0 cm³/mol. The number of H-pyrrole nitrogens is 1. The topological polar surface area (TPSA) is 149 Å². The zero-order valence-electron chi connectivity index (χ0n) is 14.3. The number of nitrogens with one attached hydrogen (secondary N) is 1. The highest BCUT2D eigenvalue weighted by Crippen LogP contribution is 2.34. The first-order chi connectivity index (χ1) is 13.1. The number of anilines is 1. The van der Waals surface area contributed by atoms with Gasteiger partial charge in [-0.2, -0.15) is 9.97 Å². The lowest BCUT2D eigenvalue weighted by atomic mass is 10.2. The molecule has 3 aromatic rings. The Morgan fingerprint density at radius 3 is 2.81 bits per heavy atom. The Hall–Kier alpha value is -2.95. The maximum Gasteiger partial charge on any atom is 0.301 e. The lowest BCUT2D eigenvalue weighted by molar-refractivity contribution is -0.0525. The van der Waals surface area contributed by atoms with E-state index >= 15 is 0 Å². The molecular formula is C17H19N5O5. The maximum absolute atomic E-state index is 12.2. The molecule has 4 rings (SSSR count). The van der Waals surface area contributed by atoms with Crippen molar-refractivity contribution in [3.63, 3.8) is 0 Å². The van der Waals surface area contributed by atoms with Crippen molar-refractivity contribution in [2.45, 2.75) is 31.5 Å². The summed E-state index contributed by atoms with van der Waals surface area (Å²) >= 11 is 0. The number of benzene rings is 1. The fourth-order valence-corrected chi connectivity index (χ4v) is 3.11. The third kappa shape index (κ3) is 3.25. The van der Waals surface area contributed by atoms with Crippen LogP contribution in [0.4, 0.5) is 5.95 Å². The average molecular weight is 373 g/mol. The summed E-state index contributed by atoms with van der Waals surface area (Å²) in [6.45, 7) is -0.0413. The molecule has 0 amide bonds. The lowest BCUT2D eigenvalue weighted by Gasteiger charge is -2.19. The first kappa shape index (κ1) is 17.5. The maximum atomic E-state index is 12.2. The largest absolute Gasteiger partial charge is 0.460 e. The summed E-state index contributed by atoms with van der Waals surface area (Å²) in [5.41, 5.74) is 6.21. The number of nitrogens with two attached hydrogens (primary N) is 1. The van der Waals surface area contributed by atoms with Crippen LogP contribution in [0, 0.1) is 0 Å². The summed E-state index contributed by atoms with van der Waals surface area (Å²) in [6, 6.07) is 9.49. The van der Waals surface area contributed by atoms with Crippen molar-refractivity contribution < 1.29 is 19.7 Å². The van der Waals surface area contributed by atoms with Gasteiger partial charge in [-0.1, -0.05) is 30.3 Å². The van der Waals surface area contributed by atoms with Crippen LogP contribution in [0.3, 0.4) is 0 Å². The van der Waals surface area contributed by atoms with Crippen LogP contribution in [-0.2, 0) is 11.3 Å². The van der Waals surface area contributed by atoms with Crippen LogP contribution in [0.15, 0.2) is 35.1 Å². The zero-order valence-corrected chi connectivity index (χ0v) is 14.3. The second-order valence-electron chi connectivity index (χ2n) is 6.30. The molecule has 0 spiro atoms. The van der Waals surface area contributed by atoms with Crippen LogP contribution in [0.1, 0.15) is 18.2 Å². The number of ether oxygens (including phenoxy) is 2. The van der Waals surface area contributed by atoms with E-state index < -0.39 is 24.0 Å². The molecule has 0 bridgehead atoms. The minimum Gasteiger partial charge on any atom is -0.460 e. The van der Waals surface area contributed by atoms with E-state index in [2.05, 4.69) is 15.0 Å². The third-order valence-electron chi connectivity index (χ3n) is 4.37. The minimum atomic E-state index is -0.930. The molecule has 5 N–H and O–H groups in total. The van der Waals surface area contributed by atoms with E-state index in [0.29, 0.717) is 0 Å². The zero-order chi connectivity index (χ0) is 19.0. The summed E-state index contributed by atoms with van der Waals surface area (Å²) in [4.78, 5) is 22.9. The highest BCUT2D eigenvalue weighted by Gasteiger charge is 2.38. The molecule has 27 heavy (non-hydrogen) atoms. The van der Waals surface area contributed by atoms with Crippen molar-refractivity contribution in [1.82, 2.24) is 19.5 Å². The van der Waals surface area contributed by atoms with Gasteiger partial charge < -0.3 is 25.4 Å². The molecule has 0 aliphatic carbocycles. The summed E-state index contributed by atoms with van der Waals surface area (Å²) in [5.74, 6) is -0.0885. The number of fused-ring (bicyclic) bond motifs is 1. The SMILES string of the molecule is Nc1nc2c(nc(OCc3ccccc3)n2[C@@H]2O[C@H](CO)C[C@@H]2O)c(=O)[nH]1. The van der Waals surface area contributed by atoms with E-state index in [1.54, 1.807) is 0 Å². The molecule has 3 atom stereocenters. The molecule has 0 unspecified atom stereocenters. The van der Waals surface area contributed by atoms with Gasteiger partial charge in [-0.15, -0.1) is 0 Å². The number of aliphatic hydroxyl groups is 2. The first-order valence-electron chi connectivity index (χ1n) is 8.45. The fraction of sp³-hybridized carbons (Fsp3) is 0.353. The van der Waals surface area contributed by atoms with Gasteiger partial charge in [-0.25, -0.2) is 4.57 Å². The van der Waals surface area contributed by atoms with Gasteiger partial charge in [-0.05, 0) is 5.56 Å². The van der Waals surface area contributed by atoms with Crippen molar-refractivity contribution in [2.75, 3.05) is 12.3 Å². The molecule has 10 heteroatoms. The van der Waals surface area contributed by atoms with Gasteiger partial charge in [0.25, 0.3) is 5.56 Å². The number of nitrogen functional groups attached to an aromatic ring is 1. The van der Waals surface area contributed by atoms with Gasteiger partial charge in [0.1, 0.15) is 12.7 Å². The number of nitrogens with zero attached hydrogens (tertiary/aromatic N) is 3. The number of aromatic nitrogens is 4. The second-order valence-corrected chi connectivity index (χ2v) is 6.30. The monoisotopic (exact) mass is 373 g/mol. The third-order valence-corrected chi connectivity index (χ3v) is 4.37. The van der Waals surface area contributed by atoms with Crippen LogP contribution in [0.25, 0.3) is 11.2 Å². The van der Waals surface area contributed by atoms with E-state index in [4.69, 9.17) is 15.2 Å². The average Bonchev–Trinajstić information content (AvgIpc) is 3.20. The van der Waals surface area contributed by atoms with Gasteiger partial charge in [0.2, 0.25) is 5.95 Å². The van der Waals surface area contributed by atoms with Gasteiger partial charge in [0, 0.05) is 6.42 Å². The Bertz CT molecular complexity index is 1000. The second kappa shape index (κ2) is 6.99. The van der Waals surface area contributed by atoms with Crippen LogP contribution in [-0.4, -0.2) is 48.5 Å². The molecule has 1 aliphatic rings. The number of aliphatic hydroxyl groups excluding tert-OH is 2. The van der Waals surface area contributed by atoms with E-state index in [1.165, 1.54) is 4.57 Å². The first-order valence-corrected chi connectivity index (χ1v) is 8.45. The fourth-order valence-electron chi connectivity index (χ4n) is 3.11. The van der Waals surface area contributed by atoms with Crippen molar-refractivity contribution >= 4 is 17.1 Å². The minimum absolute atomic E-state index is 0.0236. The Labute approximate surface area is 153 Å². The standard InChI is InChI=1S/C17H19N5O5/c18-16-20-13-12(14(25)21-16)19-17(26-8-9-4-2-1-3-5-9)22(13)15-11(24)6-10(7-23)27-15/h1-5,10-11,15,23-24H,6-8H2,(H3,18,20,21,25)/t10-,11-,15+/m0/s1. The molecule has 1 saturated heterocycles. The molecular weight excluding hydrogens is 354 g/mol. The molecule has 10 nitrogen and oxygen atoms in total. The van der Waals surface area contributed by atoms with E-state index in [-0.39, 0.29) is 42.8 Å².